The van der Waals surface area contributed by atoms with Crippen molar-refractivity contribution < 1.29 is 0 Å². The van der Waals surface area contributed by atoms with Crippen LogP contribution >= 0.6 is 34.8 Å². The fraction of sp³-hybridized carbons (Fsp3) is 0.538. The van der Waals surface area contributed by atoms with Crippen molar-refractivity contribution in [1.82, 2.24) is 5.32 Å². The van der Waals surface area contributed by atoms with Crippen LogP contribution in [0.3, 0.4) is 0 Å². The Labute approximate surface area is 117 Å². The Hall–Kier alpha value is 0.0500. The van der Waals surface area contributed by atoms with Gasteiger partial charge in [-0.3, -0.25) is 0 Å². The van der Waals surface area contributed by atoms with Gasteiger partial charge in [0.2, 0.25) is 0 Å². The van der Waals surface area contributed by atoms with Crippen molar-refractivity contribution >= 4 is 34.8 Å². The Morgan fingerprint density at radius 3 is 2.82 bits per heavy atom. The van der Waals surface area contributed by atoms with E-state index in [2.05, 4.69) is 5.32 Å². The minimum atomic E-state index is 0.516. The summed E-state index contributed by atoms with van der Waals surface area (Å²) < 4.78 is 0. The Morgan fingerprint density at radius 2 is 2.06 bits per heavy atom. The van der Waals surface area contributed by atoms with Crippen LogP contribution in [-0.4, -0.2) is 11.9 Å². The predicted molar refractivity (Wildman–Crippen MR) is 75.2 cm³/mol. The highest BCUT2D eigenvalue weighted by Crippen LogP contribution is 2.27. The monoisotopic (exact) mass is 291 g/mol. The third-order valence-corrected chi connectivity index (χ3v) is 4.42. The predicted octanol–water partition coefficient (Wildman–Crippen LogP) is 4.49. The molecule has 1 fully saturated rings. The Kier molecular flexibility index (Phi) is 4.98. The van der Waals surface area contributed by atoms with Crippen LogP contribution in [0.2, 0.25) is 10.0 Å². The fourth-order valence-electron chi connectivity index (χ4n) is 2.41. The number of alkyl halides is 1. The van der Waals surface area contributed by atoms with Gasteiger partial charge in [0.25, 0.3) is 0 Å². The number of hydrogen-bond acceptors (Lipinski definition) is 1. The summed E-state index contributed by atoms with van der Waals surface area (Å²) in [6.45, 7) is 0.761. The lowest BCUT2D eigenvalue weighted by atomic mass is 10.1. The van der Waals surface area contributed by atoms with E-state index in [0.717, 1.165) is 28.0 Å². The van der Waals surface area contributed by atoms with Crippen LogP contribution in [0.4, 0.5) is 0 Å². The molecule has 0 bridgehead atoms. The third kappa shape index (κ3) is 3.51. The summed E-state index contributed by atoms with van der Waals surface area (Å²) in [5, 5.41) is 5.03. The largest absolute Gasteiger partial charge is 0.310 e. The number of benzene rings is 1. The van der Waals surface area contributed by atoms with E-state index in [1.807, 2.05) is 18.2 Å². The van der Waals surface area contributed by atoms with Crippen molar-refractivity contribution in [2.24, 2.45) is 5.92 Å². The van der Waals surface area contributed by atoms with Gasteiger partial charge in [0.1, 0.15) is 0 Å². The first-order chi connectivity index (χ1) is 8.20. The molecule has 2 rings (SSSR count). The van der Waals surface area contributed by atoms with Crippen LogP contribution in [0.25, 0.3) is 0 Å². The lowest BCUT2D eigenvalue weighted by Gasteiger charge is -2.19. The van der Waals surface area contributed by atoms with Gasteiger partial charge < -0.3 is 5.32 Å². The van der Waals surface area contributed by atoms with Gasteiger partial charge in [-0.15, -0.1) is 11.6 Å². The molecule has 1 nitrogen and oxygen atoms in total. The molecule has 0 aromatic heterocycles. The highest BCUT2D eigenvalue weighted by atomic mass is 35.5. The topological polar surface area (TPSA) is 12.0 Å². The average Bonchev–Trinajstić information content (AvgIpc) is 2.77. The van der Waals surface area contributed by atoms with E-state index in [1.165, 1.54) is 19.3 Å². The van der Waals surface area contributed by atoms with Crippen LogP contribution in [0.15, 0.2) is 18.2 Å². The Balaban J connectivity index is 1.95. The zero-order valence-electron chi connectivity index (χ0n) is 9.56. The summed E-state index contributed by atoms with van der Waals surface area (Å²) in [5.74, 6) is 1.33. The minimum Gasteiger partial charge on any atom is -0.310 e. The molecule has 94 valence electrons. The first-order valence-corrected chi connectivity index (χ1v) is 7.23. The van der Waals surface area contributed by atoms with Gasteiger partial charge in [0.15, 0.2) is 0 Å². The fourth-order valence-corrected chi connectivity index (χ4v) is 3.16. The van der Waals surface area contributed by atoms with Gasteiger partial charge in [0, 0.05) is 28.5 Å². The van der Waals surface area contributed by atoms with E-state index in [9.17, 15) is 0 Å². The van der Waals surface area contributed by atoms with E-state index in [0.29, 0.717) is 12.0 Å². The van der Waals surface area contributed by atoms with Crippen molar-refractivity contribution in [2.45, 2.75) is 31.8 Å². The normalized spacial score (nSPS) is 24.2. The quantitative estimate of drug-likeness (QED) is 0.806. The van der Waals surface area contributed by atoms with Crippen LogP contribution < -0.4 is 5.32 Å². The molecule has 2 atom stereocenters. The number of halogens is 3. The molecule has 1 N–H and O–H groups in total. The van der Waals surface area contributed by atoms with E-state index in [-0.39, 0.29) is 0 Å². The van der Waals surface area contributed by atoms with Crippen molar-refractivity contribution in [3.63, 3.8) is 0 Å². The zero-order valence-corrected chi connectivity index (χ0v) is 11.8. The molecular formula is C13H16Cl3N. The lowest BCUT2D eigenvalue weighted by molar-refractivity contribution is 0.430. The second-order valence-corrected chi connectivity index (χ2v) is 5.72. The van der Waals surface area contributed by atoms with Gasteiger partial charge in [-0.25, -0.2) is 0 Å². The maximum Gasteiger partial charge on any atom is 0.0451 e. The molecule has 2 unspecified atom stereocenters. The van der Waals surface area contributed by atoms with Gasteiger partial charge in [-0.05, 0) is 42.5 Å². The first kappa shape index (κ1) is 13.5. The van der Waals surface area contributed by atoms with Gasteiger partial charge in [0.05, 0.1) is 0 Å². The summed E-state index contributed by atoms with van der Waals surface area (Å²) in [7, 11) is 0. The highest BCUT2D eigenvalue weighted by Gasteiger charge is 2.25. The van der Waals surface area contributed by atoms with Crippen molar-refractivity contribution in [3.8, 4) is 0 Å². The highest BCUT2D eigenvalue weighted by molar-refractivity contribution is 6.33. The Morgan fingerprint density at radius 1 is 1.24 bits per heavy atom. The van der Waals surface area contributed by atoms with Crippen molar-refractivity contribution in [3.05, 3.63) is 33.8 Å². The summed E-state index contributed by atoms with van der Waals surface area (Å²) in [4.78, 5) is 0. The molecule has 1 aliphatic carbocycles. The maximum absolute atomic E-state index is 6.13. The summed E-state index contributed by atoms with van der Waals surface area (Å²) in [6, 6.07) is 6.09. The summed E-state index contributed by atoms with van der Waals surface area (Å²) in [6.07, 6.45) is 3.69. The van der Waals surface area contributed by atoms with E-state index >= 15 is 0 Å². The van der Waals surface area contributed by atoms with Crippen molar-refractivity contribution in [1.29, 1.82) is 0 Å². The van der Waals surface area contributed by atoms with E-state index < -0.39 is 0 Å². The molecule has 0 saturated heterocycles. The SMILES string of the molecule is ClCC1CCCC1NCc1cc(Cl)ccc1Cl. The lowest BCUT2D eigenvalue weighted by Crippen LogP contribution is -2.32. The van der Waals surface area contributed by atoms with E-state index in [1.54, 1.807) is 0 Å². The first-order valence-electron chi connectivity index (χ1n) is 5.94. The molecule has 0 heterocycles. The molecule has 1 aromatic rings. The molecule has 1 saturated carbocycles. The standard InChI is InChI=1S/C13H16Cl3N/c14-7-9-2-1-3-13(9)17-8-10-6-11(15)4-5-12(10)16/h4-6,9,13,17H,1-3,7-8H2. The van der Waals surface area contributed by atoms with Crippen molar-refractivity contribution in [2.75, 3.05) is 5.88 Å². The molecule has 0 aliphatic heterocycles. The minimum absolute atomic E-state index is 0.516. The van der Waals surface area contributed by atoms with Crippen LogP contribution in [-0.2, 0) is 6.54 Å². The molecular weight excluding hydrogens is 277 g/mol. The smallest absolute Gasteiger partial charge is 0.0451 e. The molecule has 4 heteroatoms. The number of rotatable bonds is 4. The molecule has 0 radical (unpaired) electrons. The summed E-state index contributed by atoms with van der Waals surface area (Å²) >= 11 is 18.0. The second-order valence-electron chi connectivity index (χ2n) is 4.57. The molecule has 0 spiro atoms. The molecule has 1 aliphatic rings. The molecule has 0 amide bonds. The Bertz CT molecular complexity index is 381. The van der Waals surface area contributed by atoms with Gasteiger partial charge >= 0.3 is 0 Å². The summed E-state index contributed by atoms with van der Waals surface area (Å²) in [5.41, 5.74) is 1.05. The van der Waals surface area contributed by atoms with Gasteiger partial charge in [-0.1, -0.05) is 29.6 Å². The average molecular weight is 293 g/mol. The number of nitrogens with one attached hydrogen (secondary N) is 1. The maximum atomic E-state index is 6.13. The third-order valence-electron chi connectivity index (χ3n) is 3.42. The van der Waals surface area contributed by atoms with E-state index in [4.69, 9.17) is 34.8 Å². The number of hydrogen-bond donors (Lipinski definition) is 1. The van der Waals surface area contributed by atoms with Crippen LogP contribution in [0.1, 0.15) is 24.8 Å². The molecule has 17 heavy (non-hydrogen) atoms. The molecule has 1 aromatic carbocycles. The van der Waals surface area contributed by atoms with Crippen LogP contribution in [0.5, 0.6) is 0 Å². The van der Waals surface area contributed by atoms with Gasteiger partial charge in [-0.2, -0.15) is 0 Å². The second kappa shape index (κ2) is 6.29. The zero-order chi connectivity index (χ0) is 12.3. The van der Waals surface area contributed by atoms with Crippen LogP contribution in [0, 0.1) is 5.92 Å².